The van der Waals surface area contributed by atoms with Crippen molar-refractivity contribution in [1.29, 1.82) is 0 Å². The number of hydrogen-bond donors (Lipinski definition) is 1. The summed E-state index contributed by atoms with van der Waals surface area (Å²) in [6, 6.07) is 55.2. The number of benzene rings is 7. The SMILES string of the molecule is C1=Cc2c(sc3cccc(N(c4ccc(-c5ccccc5)cc4)c4ccc(-c5cc6ccccc6c6ccccc56)cc4)c23)CN1. The summed E-state index contributed by atoms with van der Waals surface area (Å²) in [7, 11) is 0. The van der Waals surface area contributed by atoms with Gasteiger partial charge in [0.05, 0.1) is 5.69 Å². The van der Waals surface area contributed by atoms with E-state index in [2.05, 4.69) is 174 Å². The quantitative estimate of drug-likeness (QED) is 0.196. The highest BCUT2D eigenvalue weighted by Crippen LogP contribution is 2.45. The third-order valence-corrected chi connectivity index (χ3v) is 10.3. The van der Waals surface area contributed by atoms with E-state index in [4.69, 9.17) is 0 Å². The van der Waals surface area contributed by atoms with Crippen LogP contribution < -0.4 is 10.2 Å². The molecule has 0 saturated carbocycles. The summed E-state index contributed by atoms with van der Waals surface area (Å²) in [6.07, 6.45) is 4.30. The molecule has 0 spiro atoms. The van der Waals surface area contributed by atoms with Crippen molar-refractivity contribution in [2.24, 2.45) is 0 Å². The van der Waals surface area contributed by atoms with Gasteiger partial charge >= 0.3 is 0 Å². The molecule has 46 heavy (non-hydrogen) atoms. The number of rotatable bonds is 5. The van der Waals surface area contributed by atoms with E-state index < -0.39 is 0 Å². The standard InChI is InChI=1S/C43H30N2S/c1-2-9-29(10-3-1)30-17-21-33(22-18-30)45(40-15-8-16-41-43(40)38-25-26-44-28-42(38)46-41)34-23-19-31(20-24-34)39-27-32-11-4-5-12-35(32)36-13-6-7-14-37(36)39/h1-27,44H,28H2. The Morgan fingerprint density at radius 3 is 1.98 bits per heavy atom. The van der Waals surface area contributed by atoms with Crippen molar-refractivity contribution in [3.63, 3.8) is 0 Å². The lowest BCUT2D eigenvalue weighted by Gasteiger charge is -2.27. The van der Waals surface area contributed by atoms with Crippen LogP contribution in [0.1, 0.15) is 10.4 Å². The van der Waals surface area contributed by atoms with Gasteiger partial charge in [-0.3, -0.25) is 0 Å². The molecule has 7 aromatic carbocycles. The molecule has 0 aliphatic carbocycles. The summed E-state index contributed by atoms with van der Waals surface area (Å²) in [4.78, 5) is 3.80. The van der Waals surface area contributed by atoms with E-state index in [0.717, 1.165) is 17.9 Å². The van der Waals surface area contributed by atoms with Crippen molar-refractivity contribution in [2.45, 2.75) is 6.54 Å². The van der Waals surface area contributed by atoms with Crippen LogP contribution in [0.25, 0.3) is 60.0 Å². The highest BCUT2D eigenvalue weighted by Gasteiger charge is 2.21. The largest absolute Gasteiger partial charge is 0.386 e. The average molecular weight is 607 g/mol. The Balaban J connectivity index is 1.21. The minimum absolute atomic E-state index is 0.866. The molecule has 1 N–H and O–H groups in total. The molecular weight excluding hydrogens is 577 g/mol. The first-order chi connectivity index (χ1) is 22.8. The maximum absolute atomic E-state index is 3.40. The number of thiophene rings is 1. The zero-order valence-corrected chi connectivity index (χ0v) is 26.0. The van der Waals surface area contributed by atoms with Crippen LogP contribution in [0.3, 0.4) is 0 Å². The zero-order chi connectivity index (χ0) is 30.5. The van der Waals surface area contributed by atoms with Crippen molar-refractivity contribution in [3.8, 4) is 22.3 Å². The zero-order valence-electron chi connectivity index (χ0n) is 25.2. The van der Waals surface area contributed by atoms with Crippen LogP contribution in [0.15, 0.2) is 158 Å². The highest BCUT2D eigenvalue weighted by molar-refractivity contribution is 7.19. The second-order valence-corrected chi connectivity index (χ2v) is 12.9. The predicted molar refractivity (Wildman–Crippen MR) is 198 cm³/mol. The smallest absolute Gasteiger partial charge is 0.0554 e. The molecule has 8 aromatic rings. The Morgan fingerprint density at radius 1 is 0.543 bits per heavy atom. The van der Waals surface area contributed by atoms with Crippen LogP contribution in [-0.4, -0.2) is 0 Å². The first kappa shape index (κ1) is 26.7. The number of anilines is 3. The fourth-order valence-corrected chi connectivity index (χ4v) is 8.10. The molecule has 2 heterocycles. The number of nitrogens with zero attached hydrogens (tertiary/aromatic N) is 1. The van der Waals surface area contributed by atoms with Gasteiger partial charge in [0.2, 0.25) is 0 Å². The van der Waals surface area contributed by atoms with Crippen molar-refractivity contribution < 1.29 is 0 Å². The molecule has 0 atom stereocenters. The predicted octanol–water partition coefficient (Wildman–Crippen LogP) is 12.1. The van der Waals surface area contributed by atoms with Gasteiger partial charge in [0.25, 0.3) is 0 Å². The third kappa shape index (κ3) is 4.48. The Hall–Kier alpha value is -5.64. The number of nitrogens with one attached hydrogen (secondary N) is 1. The lowest BCUT2D eigenvalue weighted by atomic mass is 9.93. The minimum atomic E-state index is 0.866. The summed E-state index contributed by atoms with van der Waals surface area (Å²) in [5.74, 6) is 0. The van der Waals surface area contributed by atoms with E-state index in [-0.39, 0.29) is 0 Å². The summed E-state index contributed by atoms with van der Waals surface area (Å²) < 4.78 is 1.31. The van der Waals surface area contributed by atoms with Gasteiger partial charge in [0, 0.05) is 38.4 Å². The molecule has 1 aromatic heterocycles. The van der Waals surface area contributed by atoms with Crippen LogP contribution in [0, 0.1) is 0 Å². The molecule has 0 radical (unpaired) electrons. The molecule has 0 bridgehead atoms. The van der Waals surface area contributed by atoms with E-state index >= 15 is 0 Å². The average Bonchev–Trinajstić information content (AvgIpc) is 3.52. The summed E-state index contributed by atoms with van der Waals surface area (Å²) in [5, 5.41) is 9.82. The highest BCUT2D eigenvalue weighted by atomic mass is 32.1. The molecule has 1 aliphatic heterocycles. The molecule has 2 nitrogen and oxygen atoms in total. The molecule has 0 unspecified atom stereocenters. The molecule has 3 heteroatoms. The van der Waals surface area contributed by atoms with Gasteiger partial charge in [0.15, 0.2) is 0 Å². The molecule has 0 fully saturated rings. The normalized spacial score (nSPS) is 12.3. The van der Waals surface area contributed by atoms with Crippen molar-refractivity contribution in [2.75, 3.05) is 4.90 Å². The Morgan fingerprint density at radius 2 is 1.20 bits per heavy atom. The maximum Gasteiger partial charge on any atom is 0.0554 e. The first-order valence-electron chi connectivity index (χ1n) is 15.7. The van der Waals surface area contributed by atoms with E-state index in [0.29, 0.717) is 0 Å². The third-order valence-electron chi connectivity index (χ3n) is 9.12. The number of hydrogen-bond acceptors (Lipinski definition) is 3. The minimum Gasteiger partial charge on any atom is -0.386 e. The van der Waals surface area contributed by atoms with Crippen molar-refractivity contribution in [3.05, 3.63) is 168 Å². The molecule has 218 valence electrons. The van der Waals surface area contributed by atoms with Crippen LogP contribution in [0.4, 0.5) is 17.1 Å². The molecule has 9 rings (SSSR count). The van der Waals surface area contributed by atoms with Gasteiger partial charge in [-0.05, 0) is 98.5 Å². The summed E-state index contributed by atoms with van der Waals surface area (Å²) in [5.41, 5.74) is 9.68. The number of fused-ring (bicyclic) bond motifs is 6. The lowest BCUT2D eigenvalue weighted by Crippen LogP contribution is -2.11. The monoisotopic (exact) mass is 606 g/mol. The van der Waals surface area contributed by atoms with Gasteiger partial charge < -0.3 is 10.2 Å². The van der Waals surface area contributed by atoms with Gasteiger partial charge in [-0.1, -0.05) is 109 Å². The van der Waals surface area contributed by atoms with Crippen LogP contribution >= 0.6 is 11.3 Å². The van der Waals surface area contributed by atoms with Crippen molar-refractivity contribution in [1.82, 2.24) is 5.32 Å². The van der Waals surface area contributed by atoms with Gasteiger partial charge in [-0.15, -0.1) is 11.3 Å². The fourth-order valence-electron chi connectivity index (χ4n) is 6.93. The molecule has 1 aliphatic rings. The van der Waals surface area contributed by atoms with Gasteiger partial charge in [0.1, 0.15) is 0 Å². The Labute approximate surface area is 272 Å². The van der Waals surface area contributed by atoms with Crippen LogP contribution in [0.2, 0.25) is 0 Å². The molecule has 0 saturated heterocycles. The summed E-state index contributed by atoms with van der Waals surface area (Å²) >= 11 is 1.88. The van der Waals surface area contributed by atoms with Crippen LogP contribution in [-0.2, 0) is 6.54 Å². The second kappa shape index (κ2) is 11.1. The fraction of sp³-hybridized carbons (Fsp3) is 0.0233. The molecule has 0 amide bonds. The Kier molecular flexibility index (Phi) is 6.43. The lowest BCUT2D eigenvalue weighted by molar-refractivity contribution is 0.878. The Bertz CT molecular complexity index is 2400. The van der Waals surface area contributed by atoms with E-state index in [1.54, 1.807) is 0 Å². The van der Waals surface area contributed by atoms with E-state index in [1.807, 2.05) is 11.3 Å². The maximum atomic E-state index is 3.40. The first-order valence-corrected chi connectivity index (χ1v) is 16.5. The van der Waals surface area contributed by atoms with Gasteiger partial charge in [-0.2, -0.15) is 0 Å². The van der Waals surface area contributed by atoms with Crippen LogP contribution in [0.5, 0.6) is 0 Å². The summed E-state index contributed by atoms with van der Waals surface area (Å²) in [6.45, 7) is 0.866. The second-order valence-electron chi connectivity index (χ2n) is 11.8. The van der Waals surface area contributed by atoms with E-state index in [1.165, 1.54) is 70.0 Å². The topological polar surface area (TPSA) is 15.3 Å². The van der Waals surface area contributed by atoms with Gasteiger partial charge in [-0.25, -0.2) is 0 Å². The van der Waals surface area contributed by atoms with E-state index in [9.17, 15) is 0 Å². The van der Waals surface area contributed by atoms with Crippen molar-refractivity contribution >= 4 is 66.1 Å². The molecular formula is C43H30N2S.